The third-order valence-corrected chi connectivity index (χ3v) is 9.45. The molecule has 0 fully saturated rings. The van der Waals surface area contributed by atoms with Crippen LogP contribution in [0.3, 0.4) is 0 Å². The standard InChI is InChI=1S/C46H83NO3/c1-3-5-7-9-11-13-15-17-19-20-21-22-23-24-25-26-28-30-32-34-36-38-40-42-46(50)47-44(43-48)45(49)41-39-37-35-33-31-29-27-18-16-14-12-10-8-6-4-2/h16,18,21-22,24-25,31,33,39,41,44-45,48-49H,3-15,17,19-20,23,26-30,32,34-38,40,42-43H2,1-2H3,(H,47,50)/b18-16+,22-21-,25-24-,33-31+,41-39+. The summed E-state index contributed by atoms with van der Waals surface area (Å²) in [5.74, 6) is -0.0879. The Morgan fingerprint density at radius 1 is 0.480 bits per heavy atom. The lowest BCUT2D eigenvalue weighted by Gasteiger charge is -2.19. The molecular weight excluding hydrogens is 615 g/mol. The molecule has 0 aliphatic rings. The molecule has 1 amide bonds. The van der Waals surface area contributed by atoms with Gasteiger partial charge in [-0.1, -0.05) is 184 Å². The van der Waals surface area contributed by atoms with Crippen molar-refractivity contribution in [3.63, 3.8) is 0 Å². The average molecular weight is 698 g/mol. The largest absolute Gasteiger partial charge is 0.394 e. The number of hydrogen-bond donors (Lipinski definition) is 3. The van der Waals surface area contributed by atoms with E-state index < -0.39 is 12.1 Å². The Labute approximate surface area is 311 Å². The highest BCUT2D eigenvalue weighted by molar-refractivity contribution is 5.76. The zero-order valence-corrected chi connectivity index (χ0v) is 33.2. The van der Waals surface area contributed by atoms with E-state index in [0.717, 1.165) is 51.4 Å². The fraction of sp³-hybridized carbons (Fsp3) is 0.761. The predicted molar refractivity (Wildman–Crippen MR) is 221 cm³/mol. The Kier molecular flexibility index (Phi) is 39.9. The van der Waals surface area contributed by atoms with Crippen LogP contribution in [0.4, 0.5) is 0 Å². The van der Waals surface area contributed by atoms with Gasteiger partial charge in [-0.3, -0.25) is 4.79 Å². The van der Waals surface area contributed by atoms with Crippen molar-refractivity contribution >= 4 is 5.91 Å². The van der Waals surface area contributed by atoms with Gasteiger partial charge in [0.25, 0.3) is 0 Å². The molecule has 4 nitrogen and oxygen atoms in total. The number of allylic oxidation sites excluding steroid dienone is 9. The van der Waals surface area contributed by atoms with Crippen molar-refractivity contribution in [1.82, 2.24) is 5.32 Å². The summed E-state index contributed by atoms with van der Waals surface area (Å²) in [4.78, 5) is 12.4. The molecule has 0 radical (unpaired) electrons. The molecule has 0 aliphatic carbocycles. The quantitative estimate of drug-likeness (QED) is 0.0444. The van der Waals surface area contributed by atoms with Gasteiger partial charge in [0.15, 0.2) is 0 Å². The Morgan fingerprint density at radius 3 is 1.28 bits per heavy atom. The van der Waals surface area contributed by atoms with Gasteiger partial charge in [-0.05, 0) is 77.0 Å². The van der Waals surface area contributed by atoms with Crippen LogP contribution in [-0.2, 0) is 4.79 Å². The Morgan fingerprint density at radius 2 is 0.840 bits per heavy atom. The molecule has 4 heteroatoms. The maximum atomic E-state index is 12.4. The monoisotopic (exact) mass is 698 g/mol. The van der Waals surface area contributed by atoms with E-state index >= 15 is 0 Å². The van der Waals surface area contributed by atoms with Crippen LogP contribution in [0, 0.1) is 0 Å². The topological polar surface area (TPSA) is 69.6 Å². The van der Waals surface area contributed by atoms with Gasteiger partial charge < -0.3 is 15.5 Å². The lowest BCUT2D eigenvalue weighted by molar-refractivity contribution is -0.123. The van der Waals surface area contributed by atoms with Gasteiger partial charge in [0, 0.05) is 6.42 Å². The fourth-order valence-electron chi connectivity index (χ4n) is 6.12. The van der Waals surface area contributed by atoms with E-state index in [1.54, 1.807) is 6.08 Å². The number of rotatable bonds is 38. The average Bonchev–Trinajstić information content (AvgIpc) is 3.12. The predicted octanol–water partition coefficient (Wildman–Crippen LogP) is 13.3. The van der Waals surface area contributed by atoms with Gasteiger partial charge in [-0.25, -0.2) is 0 Å². The fourth-order valence-corrected chi connectivity index (χ4v) is 6.12. The molecular formula is C46H83NO3. The summed E-state index contributed by atoms with van der Waals surface area (Å²) < 4.78 is 0. The Bertz CT molecular complexity index is 842. The molecule has 0 saturated heterocycles. The van der Waals surface area contributed by atoms with Crippen LogP contribution in [-0.4, -0.2) is 34.9 Å². The molecule has 2 atom stereocenters. The molecule has 0 bridgehead atoms. The molecule has 0 saturated carbocycles. The molecule has 0 heterocycles. The molecule has 0 spiro atoms. The number of carbonyl (C=O) groups excluding carboxylic acids is 1. The number of hydrogen-bond acceptors (Lipinski definition) is 3. The van der Waals surface area contributed by atoms with E-state index in [9.17, 15) is 15.0 Å². The lowest BCUT2D eigenvalue weighted by Crippen LogP contribution is -2.45. The first-order valence-corrected chi connectivity index (χ1v) is 21.5. The SMILES string of the molecule is CCCCCCC/C=C/CC/C=C/CC/C=C/C(O)C(CO)NC(=O)CCCCCCCCC/C=C\C/C=C\CCCCCCCCCCC. The number of amides is 1. The zero-order chi connectivity index (χ0) is 36.4. The second-order valence-corrected chi connectivity index (χ2v) is 14.4. The van der Waals surface area contributed by atoms with Crippen LogP contribution in [0.5, 0.6) is 0 Å². The van der Waals surface area contributed by atoms with E-state index in [1.165, 1.54) is 135 Å². The number of carbonyl (C=O) groups is 1. The van der Waals surface area contributed by atoms with Crippen LogP contribution in [0.1, 0.15) is 206 Å². The summed E-state index contributed by atoms with van der Waals surface area (Å²) in [6.07, 6.45) is 57.5. The van der Waals surface area contributed by atoms with Gasteiger partial charge in [0.05, 0.1) is 18.8 Å². The van der Waals surface area contributed by atoms with Crippen molar-refractivity contribution in [2.75, 3.05) is 6.61 Å². The van der Waals surface area contributed by atoms with Crippen LogP contribution in [0.15, 0.2) is 60.8 Å². The van der Waals surface area contributed by atoms with Crippen molar-refractivity contribution < 1.29 is 15.0 Å². The highest BCUT2D eigenvalue weighted by Crippen LogP contribution is 2.12. The second-order valence-electron chi connectivity index (χ2n) is 14.4. The third-order valence-electron chi connectivity index (χ3n) is 9.45. The van der Waals surface area contributed by atoms with Gasteiger partial charge in [0.1, 0.15) is 0 Å². The van der Waals surface area contributed by atoms with Crippen molar-refractivity contribution in [2.24, 2.45) is 0 Å². The summed E-state index contributed by atoms with van der Waals surface area (Å²) in [6, 6.07) is -0.651. The molecule has 50 heavy (non-hydrogen) atoms. The minimum Gasteiger partial charge on any atom is -0.394 e. The van der Waals surface area contributed by atoms with Crippen LogP contribution in [0.25, 0.3) is 0 Å². The van der Waals surface area contributed by atoms with Gasteiger partial charge in [-0.15, -0.1) is 0 Å². The van der Waals surface area contributed by atoms with Gasteiger partial charge >= 0.3 is 0 Å². The number of aliphatic hydroxyl groups excluding tert-OH is 2. The van der Waals surface area contributed by atoms with Gasteiger partial charge in [0.2, 0.25) is 5.91 Å². The van der Waals surface area contributed by atoms with E-state index in [2.05, 4.69) is 67.8 Å². The number of aliphatic hydroxyl groups is 2. The first-order chi connectivity index (χ1) is 24.7. The third kappa shape index (κ3) is 37.3. The lowest BCUT2D eigenvalue weighted by atomic mass is 10.1. The molecule has 0 aromatic carbocycles. The smallest absolute Gasteiger partial charge is 0.220 e. The molecule has 290 valence electrons. The summed E-state index contributed by atoms with van der Waals surface area (Å²) in [5, 5.41) is 22.9. The molecule has 0 aromatic heterocycles. The number of nitrogens with one attached hydrogen (secondary N) is 1. The molecule has 0 aromatic rings. The first-order valence-electron chi connectivity index (χ1n) is 21.5. The van der Waals surface area contributed by atoms with E-state index in [0.29, 0.717) is 6.42 Å². The van der Waals surface area contributed by atoms with Crippen molar-refractivity contribution in [3.8, 4) is 0 Å². The van der Waals surface area contributed by atoms with Crippen molar-refractivity contribution in [2.45, 2.75) is 219 Å². The van der Waals surface area contributed by atoms with Crippen molar-refractivity contribution in [1.29, 1.82) is 0 Å². The molecule has 3 N–H and O–H groups in total. The minimum atomic E-state index is -0.874. The highest BCUT2D eigenvalue weighted by atomic mass is 16.3. The maximum absolute atomic E-state index is 12.4. The summed E-state index contributed by atoms with van der Waals surface area (Å²) >= 11 is 0. The second kappa shape index (κ2) is 41.5. The zero-order valence-electron chi connectivity index (χ0n) is 33.2. The molecule has 0 rings (SSSR count). The highest BCUT2D eigenvalue weighted by Gasteiger charge is 2.17. The van der Waals surface area contributed by atoms with Crippen LogP contribution < -0.4 is 5.32 Å². The summed E-state index contributed by atoms with van der Waals surface area (Å²) in [5.41, 5.74) is 0. The van der Waals surface area contributed by atoms with E-state index in [-0.39, 0.29) is 12.5 Å². The Hall–Kier alpha value is -1.91. The molecule has 2 unspecified atom stereocenters. The normalized spacial score (nSPS) is 13.6. The van der Waals surface area contributed by atoms with Crippen molar-refractivity contribution in [3.05, 3.63) is 60.8 Å². The van der Waals surface area contributed by atoms with E-state index in [4.69, 9.17) is 0 Å². The number of unbranched alkanes of at least 4 members (excludes halogenated alkanes) is 23. The minimum absolute atomic E-state index is 0.0879. The summed E-state index contributed by atoms with van der Waals surface area (Å²) in [6.45, 7) is 4.27. The van der Waals surface area contributed by atoms with Crippen LogP contribution >= 0.6 is 0 Å². The molecule has 0 aliphatic heterocycles. The van der Waals surface area contributed by atoms with Crippen LogP contribution in [0.2, 0.25) is 0 Å². The van der Waals surface area contributed by atoms with E-state index in [1.807, 2.05) is 6.08 Å². The Balaban J connectivity index is 3.66. The summed E-state index contributed by atoms with van der Waals surface area (Å²) in [7, 11) is 0. The maximum Gasteiger partial charge on any atom is 0.220 e. The first kappa shape index (κ1) is 48.1. The van der Waals surface area contributed by atoms with Gasteiger partial charge in [-0.2, -0.15) is 0 Å².